The molecule has 6 heteroatoms. The molecule has 1 amide bonds. The number of nitrogens with one attached hydrogen (secondary N) is 1. The van der Waals surface area contributed by atoms with Gasteiger partial charge < -0.3 is 25.4 Å². The number of nitrogens with two attached hydrogens (primary N) is 1. The van der Waals surface area contributed by atoms with Crippen molar-refractivity contribution < 1.29 is 14.3 Å². The van der Waals surface area contributed by atoms with E-state index in [1.54, 1.807) is 6.07 Å². The molecule has 0 unspecified atom stereocenters. The zero-order valence-corrected chi connectivity index (χ0v) is 15.4. The summed E-state index contributed by atoms with van der Waals surface area (Å²) in [7, 11) is 0. The third-order valence-electron chi connectivity index (χ3n) is 4.08. The van der Waals surface area contributed by atoms with Crippen LogP contribution in [0.25, 0.3) is 0 Å². The summed E-state index contributed by atoms with van der Waals surface area (Å²) in [6.07, 6.45) is 0. The summed E-state index contributed by atoms with van der Waals surface area (Å²) in [5.41, 5.74) is 7.63. The second-order valence-corrected chi connectivity index (χ2v) is 6.92. The fourth-order valence-corrected chi connectivity index (χ4v) is 3.10. The number of benzene rings is 2. The molecule has 0 saturated heterocycles. The number of amides is 1. The maximum atomic E-state index is 12.7. The first kappa shape index (κ1) is 17.9. The molecule has 6 nitrogen and oxygen atoms in total. The highest BCUT2D eigenvalue weighted by atomic mass is 16.5. The second-order valence-electron chi connectivity index (χ2n) is 6.92. The van der Waals surface area contributed by atoms with Crippen molar-refractivity contribution in [2.75, 3.05) is 35.6 Å². The molecule has 26 heavy (non-hydrogen) atoms. The number of carbonyl (C=O) groups excluding carboxylic acids is 1. The molecule has 0 bridgehead atoms. The molecule has 1 heterocycles. The number of anilines is 3. The van der Waals surface area contributed by atoms with Crippen LogP contribution < -0.4 is 25.4 Å². The molecule has 2 aromatic carbocycles. The van der Waals surface area contributed by atoms with E-state index in [4.69, 9.17) is 15.2 Å². The predicted octanol–water partition coefficient (Wildman–Crippen LogP) is 3.28. The Hall–Kier alpha value is -2.89. The lowest BCUT2D eigenvalue weighted by atomic mass is 10.0. The van der Waals surface area contributed by atoms with Gasteiger partial charge in [0, 0.05) is 11.8 Å². The van der Waals surface area contributed by atoms with Crippen LogP contribution in [0.2, 0.25) is 0 Å². The van der Waals surface area contributed by atoms with E-state index in [1.165, 1.54) is 0 Å². The number of rotatable bonds is 5. The van der Waals surface area contributed by atoms with E-state index in [0.717, 1.165) is 5.69 Å². The smallest absolute Gasteiger partial charge is 0.243 e. The largest absolute Gasteiger partial charge is 0.492 e. The van der Waals surface area contributed by atoms with E-state index in [2.05, 4.69) is 5.32 Å². The van der Waals surface area contributed by atoms with Crippen LogP contribution in [0.4, 0.5) is 17.1 Å². The lowest BCUT2D eigenvalue weighted by molar-refractivity contribution is -0.115. The molecule has 0 aliphatic carbocycles. The maximum Gasteiger partial charge on any atom is 0.243 e. The average Bonchev–Trinajstić information content (AvgIpc) is 2.55. The Bertz CT molecular complexity index is 805. The summed E-state index contributed by atoms with van der Waals surface area (Å²) in [6.45, 7) is 7.26. The molecule has 1 aliphatic heterocycles. The lowest BCUT2D eigenvalue weighted by Gasteiger charge is -2.40. The third kappa shape index (κ3) is 4.02. The Balaban J connectivity index is 1.77. The fraction of sp³-hybridized carbons (Fsp3) is 0.350. The Morgan fingerprint density at radius 2 is 2.08 bits per heavy atom. The summed E-state index contributed by atoms with van der Waals surface area (Å²) in [5, 5.41) is 2.94. The first-order valence-electron chi connectivity index (χ1n) is 8.73. The van der Waals surface area contributed by atoms with E-state index < -0.39 is 5.60 Å². The predicted molar refractivity (Wildman–Crippen MR) is 104 cm³/mol. The minimum Gasteiger partial charge on any atom is -0.492 e. The number of nitrogens with zero attached hydrogens (tertiary/aromatic N) is 1. The zero-order valence-electron chi connectivity index (χ0n) is 15.4. The van der Waals surface area contributed by atoms with Crippen molar-refractivity contribution in [3.8, 4) is 11.5 Å². The van der Waals surface area contributed by atoms with Crippen molar-refractivity contribution in [3.05, 3.63) is 42.5 Å². The van der Waals surface area contributed by atoms with Gasteiger partial charge in [0.2, 0.25) is 5.91 Å². The molecule has 138 valence electrons. The molecule has 0 radical (unpaired) electrons. The van der Waals surface area contributed by atoms with Gasteiger partial charge in [-0.3, -0.25) is 4.79 Å². The van der Waals surface area contributed by atoms with Gasteiger partial charge in [-0.05, 0) is 45.0 Å². The number of para-hydroxylation sites is 2. The highest BCUT2D eigenvalue weighted by Crippen LogP contribution is 2.38. The van der Waals surface area contributed by atoms with Crippen LogP contribution in [-0.4, -0.2) is 31.2 Å². The molecule has 0 spiro atoms. The van der Waals surface area contributed by atoms with Crippen LogP contribution in [0.5, 0.6) is 11.5 Å². The van der Waals surface area contributed by atoms with Crippen LogP contribution in [0.1, 0.15) is 20.8 Å². The summed E-state index contributed by atoms with van der Waals surface area (Å²) in [6, 6.07) is 12.9. The summed E-state index contributed by atoms with van der Waals surface area (Å²) in [4.78, 5) is 14.7. The van der Waals surface area contributed by atoms with E-state index in [-0.39, 0.29) is 12.5 Å². The van der Waals surface area contributed by atoms with Gasteiger partial charge in [0.05, 0.1) is 31.1 Å². The molecule has 0 atom stereocenters. The Morgan fingerprint density at radius 3 is 2.85 bits per heavy atom. The molecule has 2 aromatic rings. The van der Waals surface area contributed by atoms with Crippen LogP contribution in [-0.2, 0) is 4.79 Å². The molecule has 0 fully saturated rings. The number of nitrogen functional groups attached to an aromatic ring is 1. The van der Waals surface area contributed by atoms with Crippen molar-refractivity contribution in [3.63, 3.8) is 0 Å². The summed E-state index contributed by atoms with van der Waals surface area (Å²) < 4.78 is 11.6. The highest BCUT2D eigenvalue weighted by Gasteiger charge is 2.32. The molecule has 3 rings (SSSR count). The minimum atomic E-state index is -0.412. The Morgan fingerprint density at radius 1 is 1.31 bits per heavy atom. The highest BCUT2D eigenvalue weighted by molar-refractivity contribution is 5.95. The first-order chi connectivity index (χ1) is 12.4. The van der Waals surface area contributed by atoms with Gasteiger partial charge in [-0.2, -0.15) is 0 Å². The van der Waals surface area contributed by atoms with Crippen LogP contribution in [0.3, 0.4) is 0 Å². The van der Waals surface area contributed by atoms with Gasteiger partial charge >= 0.3 is 0 Å². The maximum absolute atomic E-state index is 12.7. The van der Waals surface area contributed by atoms with Crippen molar-refractivity contribution >= 4 is 23.0 Å². The molecular weight excluding hydrogens is 330 g/mol. The van der Waals surface area contributed by atoms with Gasteiger partial charge in [-0.25, -0.2) is 0 Å². The van der Waals surface area contributed by atoms with Crippen LogP contribution in [0, 0.1) is 0 Å². The quantitative estimate of drug-likeness (QED) is 0.805. The van der Waals surface area contributed by atoms with Gasteiger partial charge in [-0.15, -0.1) is 0 Å². The third-order valence-corrected chi connectivity index (χ3v) is 4.08. The van der Waals surface area contributed by atoms with Crippen LogP contribution >= 0.6 is 0 Å². The zero-order chi connectivity index (χ0) is 18.7. The number of fused-ring (bicyclic) bond motifs is 1. The first-order valence-corrected chi connectivity index (χ1v) is 8.73. The van der Waals surface area contributed by atoms with Crippen molar-refractivity contribution in [2.24, 2.45) is 0 Å². The Kier molecular flexibility index (Phi) is 4.93. The second kappa shape index (κ2) is 7.15. The van der Waals surface area contributed by atoms with Gasteiger partial charge in [-0.1, -0.05) is 12.1 Å². The lowest BCUT2D eigenvalue weighted by Crippen LogP contribution is -2.49. The Labute approximate surface area is 153 Å². The number of carbonyl (C=O) groups is 1. The van der Waals surface area contributed by atoms with Gasteiger partial charge in [0.1, 0.15) is 17.1 Å². The number of hydrogen-bond donors (Lipinski definition) is 2. The standard InChI is InChI=1S/C20H25N3O3/c1-4-25-17-8-6-5-7-15(17)22-19(24)12-23-13-20(2,3)26-18-11-14(21)9-10-16(18)23/h5-11H,4,12-13,21H2,1-3H3,(H,22,24). The molecule has 0 aromatic heterocycles. The van der Waals surface area contributed by atoms with Crippen LogP contribution in [0.15, 0.2) is 42.5 Å². The summed E-state index contributed by atoms with van der Waals surface area (Å²) in [5.74, 6) is 1.25. The van der Waals surface area contributed by atoms with E-state index >= 15 is 0 Å². The summed E-state index contributed by atoms with van der Waals surface area (Å²) >= 11 is 0. The van der Waals surface area contributed by atoms with E-state index in [1.807, 2.05) is 62.1 Å². The molecule has 0 saturated carbocycles. The fourth-order valence-electron chi connectivity index (χ4n) is 3.10. The van der Waals surface area contributed by atoms with Crippen molar-refractivity contribution in [1.82, 2.24) is 0 Å². The topological polar surface area (TPSA) is 76.8 Å². The monoisotopic (exact) mass is 355 g/mol. The normalized spacial score (nSPS) is 15.0. The molecule has 1 aliphatic rings. The number of ether oxygens (including phenoxy) is 2. The van der Waals surface area contributed by atoms with Gasteiger partial charge in [0.25, 0.3) is 0 Å². The number of hydrogen-bond acceptors (Lipinski definition) is 5. The minimum absolute atomic E-state index is 0.113. The van der Waals surface area contributed by atoms with Crippen molar-refractivity contribution in [2.45, 2.75) is 26.4 Å². The SMILES string of the molecule is CCOc1ccccc1NC(=O)CN1CC(C)(C)Oc2cc(N)ccc21. The van der Waals surface area contributed by atoms with E-state index in [0.29, 0.717) is 36.0 Å². The van der Waals surface area contributed by atoms with E-state index in [9.17, 15) is 4.79 Å². The molecule has 3 N–H and O–H groups in total. The van der Waals surface area contributed by atoms with Crippen molar-refractivity contribution in [1.29, 1.82) is 0 Å². The van der Waals surface area contributed by atoms with Gasteiger partial charge in [0.15, 0.2) is 0 Å². The average molecular weight is 355 g/mol. The molecular formula is C20H25N3O3.